The third kappa shape index (κ3) is 3.51. The van der Waals surface area contributed by atoms with Gasteiger partial charge in [-0.1, -0.05) is 0 Å². The fourth-order valence-electron chi connectivity index (χ4n) is 0.860. The van der Waals surface area contributed by atoms with Crippen molar-refractivity contribution in [3.63, 3.8) is 0 Å². The molecule has 0 saturated heterocycles. The van der Waals surface area contributed by atoms with Gasteiger partial charge in [0.2, 0.25) is 0 Å². The summed E-state index contributed by atoms with van der Waals surface area (Å²) < 4.78 is 11.9. The summed E-state index contributed by atoms with van der Waals surface area (Å²) in [5, 5.41) is 8.86. The molecule has 5 heteroatoms. The van der Waals surface area contributed by atoms with Crippen LogP contribution in [0.3, 0.4) is 0 Å². The van der Waals surface area contributed by atoms with Crippen LogP contribution in [0.15, 0.2) is 18.5 Å². The normalized spacial score (nSPS) is 11.4. The minimum absolute atomic E-state index is 0.402. The third-order valence-corrected chi connectivity index (χ3v) is 3.25. The van der Waals surface area contributed by atoms with E-state index in [0.717, 1.165) is 6.20 Å². The standard InChI is InChI=1S/C10H12FNO2S/c1-10(2,9(13)14)15-6-7-3-8(11)5-12-4-7/h3-5H,6H2,1-2H3,(H,13,14). The minimum Gasteiger partial charge on any atom is -0.480 e. The van der Waals surface area contributed by atoms with Crippen molar-refractivity contribution in [2.45, 2.75) is 24.3 Å². The van der Waals surface area contributed by atoms with Gasteiger partial charge in [0, 0.05) is 11.9 Å². The SMILES string of the molecule is CC(C)(SCc1cncc(F)c1)C(=O)O. The van der Waals surface area contributed by atoms with Gasteiger partial charge in [0.25, 0.3) is 0 Å². The topological polar surface area (TPSA) is 50.2 Å². The fraction of sp³-hybridized carbons (Fsp3) is 0.400. The van der Waals surface area contributed by atoms with Crippen molar-refractivity contribution in [2.75, 3.05) is 0 Å². The smallest absolute Gasteiger partial charge is 0.319 e. The highest BCUT2D eigenvalue weighted by Gasteiger charge is 2.27. The summed E-state index contributed by atoms with van der Waals surface area (Å²) in [5.74, 6) is -0.845. The number of carboxylic acids is 1. The second-order valence-electron chi connectivity index (χ2n) is 3.62. The van der Waals surface area contributed by atoms with Gasteiger partial charge in [-0.2, -0.15) is 0 Å². The molecule has 82 valence electrons. The molecular weight excluding hydrogens is 217 g/mol. The monoisotopic (exact) mass is 229 g/mol. The summed E-state index contributed by atoms with van der Waals surface area (Å²) in [6.45, 7) is 3.24. The van der Waals surface area contributed by atoms with Gasteiger partial charge in [0.1, 0.15) is 10.6 Å². The van der Waals surface area contributed by atoms with Crippen LogP contribution in [0.4, 0.5) is 4.39 Å². The number of hydrogen-bond donors (Lipinski definition) is 1. The molecule has 0 aliphatic heterocycles. The van der Waals surface area contributed by atoms with Crippen molar-refractivity contribution in [2.24, 2.45) is 0 Å². The molecule has 1 rings (SSSR count). The van der Waals surface area contributed by atoms with E-state index in [1.807, 2.05) is 0 Å². The molecule has 0 radical (unpaired) electrons. The van der Waals surface area contributed by atoms with Gasteiger partial charge < -0.3 is 5.11 Å². The fourth-order valence-corrected chi connectivity index (χ4v) is 1.67. The molecule has 0 aliphatic carbocycles. The molecule has 0 bridgehead atoms. The van der Waals surface area contributed by atoms with Crippen LogP contribution in [-0.2, 0) is 10.5 Å². The second kappa shape index (κ2) is 4.61. The molecule has 0 unspecified atom stereocenters. The number of pyridine rings is 1. The molecule has 3 nitrogen and oxygen atoms in total. The first-order chi connectivity index (χ1) is 6.92. The van der Waals surface area contributed by atoms with Crippen molar-refractivity contribution in [1.82, 2.24) is 4.98 Å². The summed E-state index contributed by atoms with van der Waals surface area (Å²) in [7, 11) is 0. The molecule has 1 aromatic rings. The Morgan fingerprint density at radius 2 is 2.27 bits per heavy atom. The average molecular weight is 229 g/mol. The molecule has 0 fully saturated rings. The van der Waals surface area contributed by atoms with Crippen molar-refractivity contribution in [3.8, 4) is 0 Å². The Morgan fingerprint density at radius 3 is 2.80 bits per heavy atom. The van der Waals surface area contributed by atoms with E-state index in [0.29, 0.717) is 11.3 Å². The minimum atomic E-state index is -0.878. The highest BCUT2D eigenvalue weighted by molar-refractivity contribution is 8.00. The highest BCUT2D eigenvalue weighted by Crippen LogP contribution is 2.28. The van der Waals surface area contributed by atoms with Crippen molar-refractivity contribution in [3.05, 3.63) is 29.8 Å². The Kier molecular flexibility index (Phi) is 3.68. The van der Waals surface area contributed by atoms with Crippen molar-refractivity contribution < 1.29 is 14.3 Å². The molecule has 1 heterocycles. The van der Waals surface area contributed by atoms with Crippen molar-refractivity contribution >= 4 is 17.7 Å². The van der Waals surface area contributed by atoms with Crippen molar-refractivity contribution in [1.29, 1.82) is 0 Å². The summed E-state index contributed by atoms with van der Waals surface area (Å²) in [6.07, 6.45) is 2.66. The maximum atomic E-state index is 12.8. The van der Waals surface area contributed by atoms with E-state index in [1.165, 1.54) is 24.0 Å². The maximum Gasteiger partial charge on any atom is 0.319 e. The van der Waals surface area contributed by atoms with Gasteiger partial charge >= 0.3 is 5.97 Å². The van der Waals surface area contributed by atoms with Crippen LogP contribution in [0.2, 0.25) is 0 Å². The Morgan fingerprint density at radius 1 is 1.60 bits per heavy atom. The maximum absolute atomic E-state index is 12.8. The molecule has 15 heavy (non-hydrogen) atoms. The van der Waals surface area contributed by atoms with Crippen LogP contribution < -0.4 is 0 Å². The van der Waals surface area contributed by atoms with E-state index in [-0.39, 0.29) is 0 Å². The first kappa shape index (κ1) is 12.0. The molecule has 0 atom stereocenters. The molecule has 0 aliphatic rings. The number of thioether (sulfide) groups is 1. The van der Waals surface area contributed by atoms with Gasteiger partial charge in [0.15, 0.2) is 0 Å². The summed E-state index contributed by atoms with van der Waals surface area (Å²) >= 11 is 1.24. The van der Waals surface area contributed by atoms with E-state index in [2.05, 4.69) is 4.98 Å². The molecule has 0 spiro atoms. The van der Waals surface area contributed by atoms with Gasteiger partial charge in [-0.3, -0.25) is 9.78 Å². The molecule has 0 aromatic carbocycles. The highest BCUT2D eigenvalue weighted by atomic mass is 32.2. The Balaban J connectivity index is 2.61. The predicted molar refractivity (Wildman–Crippen MR) is 57.2 cm³/mol. The summed E-state index contributed by atoms with van der Waals surface area (Å²) in [6, 6.07) is 1.36. The largest absolute Gasteiger partial charge is 0.480 e. The van der Waals surface area contributed by atoms with Crippen LogP contribution in [0.5, 0.6) is 0 Å². The average Bonchev–Trinajstić information content (AvgIpc) is 2.15. The second-order valence-corrected chi connectivity index (χ2v) is 5.21. The number of carbonyl (C=O) groups is 1. The lowest BCUT2D eigenvalue weighted by atomic mass is 10.2. The van der Waals surface area contributed by atoms with Gasteiger partial charge in [-0.15, -0.1) is 11.8 Å². The zero-order valence-electron chi connectivity index (χ0n) is 8.53. The van der Waals surface area contributed by atoms with E-state index in [9.17, 15) is 9.18 Å². The molecule has 1 aromatic heterocycles. The number of hydrogen-bond acceptors (Lipinski definition) is 3. The first-order valence-electron chi connectivity index (χ1n) is 4.38. The van der Waals surface area contributed by atoms with E-state index >= 15 is 0 Å². The number of nitrogens with zero attached hydrogens (tertiary/aromatic N) is 1. The lowest BCUT2D eigenvalue weighted by Gasteiger charge is -2.17. The Bertz CT molecular complexity index is 368. The first-order valence-corrected chi connectivity index (χ1v) is 5.37. The van der Waals surface area contributed by atoms with Gasteiger partial charge in [0.05, 0.1) is 6.20 Å². The van der Waals surface area contributed by atoms with E-state index in [4.69, 9.17) is 5.11 Å². The van der Waals surface area contributed by atoms with E-state index < -0.39 is 16.5 Å². The van der Waals surface area contributed by atoms with Crippen LogP contribution in [0, 0.1) is 5.82 Å². The Labute approximate surface area is 91.7 Å². The van der Waals surface area contributed by atoms with Crippen LogP contribution in [0.1, 0.15) is 19.4 Å². The zero-order valence-corrected chi connectivity index (χ0v) is 9.34. The molecule has 0 saturated carbocycles. The third-order valence-electron chi connectivity index (χ3n) is 1.88. The summed E-state index contributed by atoms with van der Waals surface area (Å²) in [4.78, 5) is 14.5. The molecule has 1 N–H and O–H groups in total. The number of rotatable bonds is 4. The summed E-state index contributed by atoms with van der Waals surface area (Å²) in [5.41, 5.74) is 0.689. The lowest BCUT2D eigenvalue weighted by molar-refractivity contribution is -0.138. The zero-order chi connectivity index (χ0) is 11.5. The van der Waals surface area contributed by atoms with Crippen LogP contribution in [0.25, 0.3) is 0 Å². The number of aromatic nitrogens is 1. The van der Waals surface area contributed by atoms with Gasteiger partial charge in [-0.05, 0) is 25.5 Å². The van der Waals surface area contributed by atoms with Gasteiger partial charge in [-0.25, -0.2) is 4.39 Å². The predicted octanol–water partition coefficient (Wildman–Crippen LogP) is 2.32. The quantitative estimate of drug-likeness (QED) is 0.860. The van der Waals surface area contributed by atoms with Crippen LogP contribution in [-0.4, -0.2) is 20.8 Å². The van der Waals surface area contributed by atoms with Crippen LogP contribution >= 0.6 is 11.8 Å². The van der Waals surface area contributed by atoms with E-state index in [1.54, 1.807) is 13.8 Å². The Hall–Kier alpha value is -1.10. The number of carboxylic acid groups (broad SMARTS) is 1. The number of halogens is 1. The molecular formula is C10H12FNO2S. The lowest BCUT2D eigenvalue weighted by Crippen LogP contribution is -2.27. The number of aliphatic carboxylic acids is 1. The molecule has 0 amide bonds.